The molecular weight excluding hydrogens is 320 g/mol. The van der Waals surface area contributed by atoms with Crippen LogP contribution in [0.15, 0.2) is 48.1 Å². The molecule has 1 heterocycles. The van der Waals surface area contributed by atoms with Crippen molar-refractivity contribution in [3.05, 3.63) is 48.1 Å². The lowest BCUT2D eigenvalue weighted by atomic mass is 9.48. The molecule has 0 amide bonds. The first-order valence-corrected chi connectivity index (χ1v) is 10.4. The summed E-state index contributed by atoms with van der Waals surface area (Å²) < 4.78 is 6.48. The molecule has 0 radical (unpaired) electrons. The maximum absolute atomic E-state index is 11.9. The summed E-state index contributed by atoms with van der Waals surface area (Å²) in [5.41, 5.74) is 3.82. The Hall–Kier alpha value is -1.41. The summed E-state index contributed by atoms with van der Waals surface area (Å²) in [5, 5.41) is 0. The Morgan fingerprint density at radius 3 is 2.85 bits per heavy atom. The fraction of sp³-hybridized carbons (Fsp3) is 0.625. The van der Waals surface area contributed by atoms with Gasteiger partial charge in [0, 0.05) is 18.4 Å². The van der Waals surface area contributed by atoms with Crippen molar-refractivity contribution in [1.82, 2.24) is 0 Å². The number of fused-ring (bicyclic) bond motifs is 6. The van der Waals surface area contributed by atoms with Crippen LogP contribution in [0.2, 0.25) is 0 Å². The Morgan fingerprint density at radius 1 is 1.19 bits per heavy atom. The van der Waals surface area contributed by atoms with Crippen LogP contribution in [0.4, 0.5) is 0 Å². The lowest BCUT2D eigenvalue weighted by molar-refractivity contribution is -0.120. The van der Waals surface area contributed by atoms with Gasteiger partial charge in [-0.3, -0.25) is 4.79 Å². The molecule has 0 aromatic carbocycles. The predicted octanol–water partition coefficient (Wildman–Crippen LogP) is 5.18. The molecular formula is C24H30O2. The lowest BCUT2D eigenvalue weighted by Crippen LogP contribution is -2.56. The van der Waals surface area contributed by atoms with Crippen LogP contribution in [0.1, 0.15) is 51.9 Å². The van der Waals surface area contributed by atoms with Gasteiger partial charge in [-0.05, 0) is 73.8 Å². The topological polar surface area (TPSA) is 26.3 Å². The largest absolute Gasteiger partial charge is 0.366 e. The van der Waals surface area contributed by atoms with Gasteiger partial charge in [0.2, 0.25) is 0 Å². The zero-order chi connectivity index (χ0) is 18.1. The van der Waals surface area contributed by atoms with Crippen molar-refractivity contribution < 1.29 is 9.53 Å². The molecule has 138 valence electrons. The van der Waals surface area contributed by atoms with Gasteiger partial charge in [-0.2, -0.15) is 0 Å². The van der Waals surface area contributed by atoms with E-state index in [9.17, 15) is 4.79 Å². The van der Waals surface area contributed by atoms with E-state index in [-0.39, 0.29) is 11.0 Å². The minimum Gasteiger partial charge on any atom is -0.366 e. The van der Waals surface area contributed by atoms with Crippen LogP contribution in [0.25, 0.3) is 0 Å². The molecule has 5 aliphatic rings. The van der Waals surface area contributed by atoms with Gasteiger partial charge in [0.15, 0.2) is 5.78 Å². The van der Waals surface area contributed by atoms with Crippen LogP contribution in [0.5, 0.6) is 0 Å². The molecule has 0 bridgehead atoms. The number of rotatable bonds is 0. The minimum atomic E-state index is -0.289. The molecule has 1 spiro atoms. The normalized spacial score (nSPS) is 47.4. The van der Waals surface area contributed by atoms with Gasteiger partial charge in [-0.15, -0.1) is 0 Å². The van der Waals surface area contributed by atoms with Crippen LogP contribution in [-0.4, -0.2) is 18.0 Å². The van der Waals surface area contributed by atoms with Gasteiger partial charge in [-0.25, -0.2) is 0 Å². The van der Waals surface area contributed by atoms with Crippen molar-refractivity contribution in [3.63, 3.8) is 0 Å². The smallest absolute Gasteiger partial charge is 0.155 e. The standard InChI is InChI=1S/C24H30O2/c1-15-14-23(3)21(10-11-24(23)16(2)5-4-12-26-24)20-8-6-17-13-18(25)7-9-19(17)22(15)20/h10-11,13,19-22H,1-2,4-9,12,14H2,3H3/t19-,20-,21-,22+,23-,24-/m0/s1. The predicted molar refractivity (Wildman–Crippen MR) is 104 cm³/mol. The zero-order valence-electron chi connectivity index (χ0n) is 15.9. The second kappa shape index (κ2) is 5.55. The van der Waals surface area contributed by atoms with Gasteiger partial charge in [0.25, 0.3) is 0 Å². The van der Waals surface area contributed by atoms with E-state index in [1.165, 1.54) is 23.1 Å². The van der Waals surface area contributed by atoms with Gasteiger partial charge >= 0.3 is 0 Å². The molecule has 0 unspecified atom stereocenters. The van der Waals surface area contributed by atoms with Crippen molar-refractivity contribution in [2.75, 3.05) is 6.61 Å². The first kappa shape index (κ1) is 16.7. The van der Waals surface area contributed by atoms with Crippen molar-refractivity contribution >= 4 is 5.78 Å². The van der Waals surface area contributed by atoms with Crippen molar-refractivity contribution in [3.8, 4) is 0 Å². The molecule has 0 aromatic rings. The molecule has 2 heteroatoms. The Balaban J connectivity index is 1.53. The Kier molecular flexibility index (Phi) is 3.57. The average molecular weight is 351 g/mol. The molecule has 6 atom stereocenters. The number of carbonyl (C=O) groups excluding carboxylic acids is 1. The summed E-state index contributed by atoms with van der Waals surface area (Å²) in [6.45, 7) is 12.3. The van der Waals surface area contributed by atoms with E-state index in [4.69, 9.17) is 4.74 Å². The third-order valence-corrected chi connectivity index (χ3v) is 8.31. The first-order chi connectivity index (χ1) is 12.5. The van der Waals surface area contributed by atoms with E-state index in [2.05, 4.69) is 32.2 Å². The summed E-state index contributed by atoms with van der Waals surface area (Å²) in [7, 11) is 0. The Bertz CT molecular complexity index is 756. The second-order valence-corrected chi connectivity index (χ2v) is 9.49. The van der Waals surface area contributed by atoms with E-state index < -0.39 is 0 Å². The second-order valence-electron chi connectivity index (χ2n) is 9.49. The van der Waals surface area contributed by atoms with Crippen molar-refractivity contribution in [2.24, 2.45) is 29.1 Å². The molecule has 4 aliphatic carbocycles. The van der Waals surface area contributed by atoms with Crippen LogP contribution >= 0.6 is 0 Å². The number of carbonyl (C=O) groups is 1. The molecule has 2 saturated carbocycles. The highest BCUT2D eigenvalue weighted by molar-refractivity contribution is 5.91. The third-order valence-electron chi connectivity index (χ3n) is 8.31. The van der Waals surface area contributed by atoms with Gasteiger partial charge in [-0.1, -0.05) is 43.4 Å². The van der Waals surface area contributed by atoms with Crippen molar-refractivity contribution in [2.45, 2.75) is 57.5 Å². The average Bonchev–Trinajstić information content (AvgIpc) is 2.90. The number of hydrogen-bond acceptors (Lipinski definition) is 2. The zero-order valence-corrected chi connectivity index (χ0v) is 15.9. The van der Waals surface area contributed by atoms with Crippen LogP contribution in [0.3, 0.4) is 0 Å². The molecule has 0 N–H and O–H groups in total. The molecule has 0 aromatic heterocycles. The monoisotopic (exact) mass is 350 g/mol. The van der Waals surface area contributed by atoms with Crippen LogP contribution in [-0.2, 0) is 9.53 Å². The molecule has 1 aliphatic heterocycles. The summed E-state index contributed by atoms with van der Waals surface area (Å²) in [5.74, 6) is 2.58. The maximum atomic E-state index is 11.9. The van der Waals surface area contributed by atoms with E-state index >= 15 is 0 Å². The van der Waals surface area contributed by atoms with Crippen LogP contribution < -0.4 is 0 Å². The fourth-order valence-electron chi connectivity index (χ4n) is 7.22. The van der Waals surface area contributed by atoms with Crippen LogP contribution in [0, 0.1) is 29.1 Å². The van der Waals surface area contributed by atoms with Crippen molar-refractivity contribution in [1.29, 1.82) is 0 Å². The van der Waals surface area contributed by atoms with Gasteiger partial charge in [0.1, 0.15) is 5.60 Å². The number of ketones is 1. The highest BCUT2D eigenvalue weighted by atomic mass is 16.5. The molecule has 3 fully saturated rings. The van der Waals surface area contributed by atoms with Gasteiger partial charge < -0.3 is 4.74 Å². The summed E-state index contributed by atoms with van der Waals surface area (Å²) in [6, 6.07) is 0. The van der Waals surface area contributed by atoms with E-state index in [0.717, 1.165) is 38.7 Å². The molecule has 2 nitrogen and oxygen atoms in total. The lowest BCUT2D eigenvalue weighted by Gasteiger charge is -2.58. The van der Waals surface area contributed by atoms with E-state index in [0.29, 0.717) is 35.9 Å². The highest BCUT2D eigenvalue weighted by Crippen LogP contribution is 2.66. The quantitative estimate of drug-likeness (QED) is 0.563. The maximum Gasteiger partial charge on any atom is 0.155 e. The molecule has 26 heavy (non-hydrogen) atoms. The SMILES string of the molecule is C=C1C[C@@]2(C)[C@@H](C=C[C@@]23OCCCC3=C)[C@@H]2CCC3=CC(=O)CC[C@@H]3[C@@H]12. The number of ether oxygens (including phenoxy) is 1. The number of allylic oxidation sites excluding steroid dienone is 4. The summed E-state index contributed by atoms with van der Waals surface area (Å²) in [4.78, 5) is 11.9. The van der Waals surface area contributed by atoms with E-state index in [1.807, 2.05) is 6.08 Å². The highest BCUT2D eigenvalue weighted by Gasteiger charge is 2.63. The summed E-state index contributed by atoms with van der Waals surface area (Å²) >= 11 is 0. The first-order valence-electron chi connectivity index (χ1n) is 10.4. The molecule has 1 saturated heterocycles. The Labute approximate surface area is 157 Å². The summed E-state index contributed by atoms with van der Waals surface area (Å²) in [6.07, 6.45) is 13.9. The molecule has 5 rings (SSSR count). The fourth-order valence-corrected chi connectivity index (χ4v) is 7.22. The third kappa shape index (κ3) is 2.00. The van der Waals surface area contributed by atoms with E-state index in [1.54, 1.807) is 0 Å². The Morgan fingerprint density at radius 2 is 2.04 bits per heavy atom. The van der Waals surface area contributed by atoms with Gasteiger partial charge in [0.05, 0.1) is 0 Å². The number of hydrogen-bond donors (Lipinski definition) is 0. The minimum absolute atomic E-state index is 0.0501.